The van der Waals surface area contributed by atoms with Crippen LogP contribution in [0.4, 0.5) is 0 Å². The number of aryl methyl sites for hydroxylation is 2. The van der Waals surface area contributed by atoms with Crippen LogP contribution in [0.25, 0.3) is 10.9 Å². The number of aromatic nitrogens is 2. The van der Waals surface area contributed by atoms with Crippen LogP contribution in [0.1, 0.15) is 54.4 Å². The molecule has 0 aliphatic carbocycles. The van der Waals surface area contributed by atoms with Crippen LogP contribution in [0.15, 0.2) is 71.9 Å². The van der Waals surface area contributed by atoms with Crippen molar-refractivity contribution >= 4 is 26.7 Å². The lowest BCUT2D eigenvalue weighted by Crippen LogP contribution is -2.08. The maximum Gasteiger partial charge on any atom is 0.356 e. The number of ether oxygens (including phenoxy) is 2. The van der Waals surface area contributed by atoms with Crippen molar-refractivity contribution in [2.24, 2.45) is 0 Å². The highest BCUT2D eigenvalue weighted by Crippen LogP contribution is 2.29. The van der Waals surface area contributed by atoms with Crippen molar-refractivity contribution < 1.29 is 24.1 Å². The fraction of sp³-hybridized carbons (Fsp3) is 0.258. The lowest BCUT2D eigenvalue weighted by atomic mass is 10.0. The van der Waals surface area contributed by atoms with Gasteiger partial charge < -0.3 is 9.47 Å². The number of methoxy groups -OCH3 is 2. The second kappa shape index (κ2) is 13.5. The third kappa shape index (κ3) is 7.43. The Morgan fingerprint density at radius 3 is 2.41 bits per heavy atom. The van der Waals surface area contributed by atoms with Crippen LogP contribution in [0, 0.1) is 11.8 Å². The first-order valence-electron chi connectivity index (χ1n) is 12.5. The molecule has 0 N–H and O–H groups in total. The first-order chi connectivity index (χ1) is 18.7. The molecule has 0 atom stereocenters. The Labute approximate surface area is 231 Å². The monoisotopic (exact) mass is 546 g/mol. The van der Waals surface area contributed by atoms with E-state index in [2.05, 4.69) is 34.8 Å². The highest BCUT2D eigenvalue weighted by molar-refractivity contribution is 7.91. The standard InChI is InChI=1S/C20H21NO2.C11H11NO3S.H2/c1-4-8-17-9-6-7-10-18(17)12-11-15-13-16(5-2)19(21-14-15)20(22)23-3;1-15-9-5-6-10(16(2,13)14)11-8(9)4-3-7-12-11;/h6-7,9-10,13-14H,4-5,8H2,1-3H3;3-7H,1-2H3;1H. The van der Waals surface area contributed by atoms with Gasteiger partial charge in [-0.15, -0.1) is 0 Å². The molecule has 0 radical (unpaired) electrons. The summed E-state index contributed by atoms with van der Waals surface area (Å²) in [6.07, 6.45) is 7.18. The van der Waals surface area contributed by atoms with Gasteiger partial charge in [-0.3, -0.25) is 4.98 Å². The summed E-state index contributed by atoms with van der Waals surface area (Å²) < 4.78 is 33.0. The molecule has 7 nitrogen and oxygen atoms in total. The molecule has 0 amide bonds. The molecule has 0 fully saturated rings. The molecule has 8 heteroatoms. The van der Waals surface area contributed by atoms with Gasteiger partial charge >= 0.3 is 5.97 Å². The summed E-state index contributed by atoms with van der Waals surface area (Å²) in [6, 6.07) is 16.8. The zero-order valence-corrected chi connectivity index (χ0v) is 23.6. The third-order valence-corrected chi connectivity index (χ3v) is 7.04. The van der Waals surface area contributed by atoms with Crippen LogP contribution >= 0.6 is 0 Å². The van der Waals surface area contributed by atoms with Crippen molar-refractivity contribution in [1.82, 2.24) is 9.97 Å². The Morgan fingerprint density at radius 2 is 1.74 bits per heavy atom. The molecule has 0 saturated carbocycles. The maximum absolute atomic E-state index is 11.7. The van der Waals surface area contributed by atoms with E-state index in [1.54, 1.807) is 37.7 Å². The fourth-order valence-corrected chi connectivity index (χ4v) is 4.82. The quantitative estimate of drug-likeness (QED) is 0.227. The maximum atomic E-state index is 11.7. The summed E-state index contributed by atoms with van der Waals surface area (Å²) in [4.78, 5) is 20.2. The lowest BCUT2D eigenvalue weighted by molar-refractivity contribution is 0.0592. The molecule has 2 heterocycles. The van der Waals surface area contributed by atoms with Gasteiger partial charge in [0.05, 0.1) is 24.6 Å². The largest absolute Gasteiger partial charge is 0.496 e. The van der Waals surface area contributed by atoms with E-state index in [1.807, 2.05) is 31.2 Å². The van der Waals surface area contributed by atoms with Crippen molar-refractivity contribution in [3.63, 3.8) is 0 Å². The highest BCUT2D eigenvalue weighted by atomic mass is 32.2. The molecule has 4 aromatic rings. The average Bonchev–Trinajstić information content (AvgIpc) is 2.95. The molecule has 0 aliphatic rings. The van der Waals surface area contributed by atoms with E-state index in [0.717, 1.165) is 29.5 Å². The number of rotatable bonds is 6. The van der Waals surface area contributed by atoms with Gasteiger partial charge in [-0.25, -0.2) is 18.2 Å². The van der Waals surface area contributed by atoms with Crippen LogP contribution in [0.3, 0.4) is 0 Å². The number of carbonyl (C=O) groups is 1. The van der Waals surface area contributed by atoms with Crippen molar-refractivity contribution in [1.29, 1.82) is 0 Å². The van der Waals surface area contributed by atoms with E-state index in [-0.39, 0.29) is 6.32 Å². The van der Waals surface area contributed by atoms with Gasteiger partial charge in [0.1, 0.15) is 5.75 Å². The summed E-state index contributed by atoms with van der Waals surface area (Å²) in [5, 5.41) is 0.702. The summed E-state index contributed by atoms with van der Waals surface area (Å²) in [7, 11) is -0.366. The van der Waals surface area contributed by atoms with E-state index in [4.69, 9.17) is 9.47 Å². The topological polar surface area (TPSA) is 95.5 Å². The molecule has 39 heavy (non-hydrogen) atoms. The minimum absolute atomic E-state index is 0. The molecule has 0 aliphatic heterocycles. The van der Waals surface area contributed by atoms with Crippen LogP contribution in [-0.2, 0) is 27.4 Å². The number of carbonyl (C=O) groups excluding carboxylic acids is 1. The van der Waals surface area contributed by atoms with Crippen LogP contribution in [0.2, 0.25) is 0 Å². The zero-order valence-electron chi connectivity index (χ0n) is 22.8. The third-order valence-electron chi connectivity index (χ3n) is 5.92. The second-order valence-electron chi connectivity index (χ2n) is 8.67. The molecule has 4 rings (SSSR count). The summed E-state index contributed by atoms with van der Waals surface area (Å²) in [5.74, 6) is 6.59. The van der Waals surface area contributed by atoms with Crippen LogP contribution in [-0.4, -0.2) is 44.8 Å². The predicted molar refractivity (Wildman–Crippen MR) is 155 cm³/mol. The van der Waals surface area contributed by atoms with Crippen molar-refractivity contribution in [2.75, 3.05) is 20.5 Å². The molecule has 0 bridgehead atoms. The summed E-state index contributed by atoms with van der Waals surface area (Å²) in [6.45, 7) is 4.14. The number of pyridine rings is 2. The molecule has 0 saturated heterocycles. The molecule has 0 unspecified atom stereocenters. The van der Waals surface area contributed by atoms with Crippen LogP contribution < -0.4 is 4.74 Å². The molecule has 0 spiro atoms. The Balaban J connectivity index is 0.000000290. The first kappa shape index (κ1) is 29.3. The molecular weight excluding hydrogens is 512 g/mol. The number of esters is 1. The number of nitrogens with zero attached hydrogens (tertiary/aromatic N) is 2. The van der Waals surface area contributed by atoms with Gasteiger partial charge in [0.25, 0.3) is 0 Å². The number of benzene rings is 2. The number of sulfone groups is 1. The smallest absolute Gasteiger partial charge is 0.356 e. The first-order valence-corrected chi connectivity index (χ1v) is 14.4. The molecule has 2 aromatic carbocycles. The Kier molecular flexibility index (Phi) is 10.2. The normalized spacial score (nSPS) is 10.6. The zero-order chi connectivity index (χ0) is 28.4. The van der Waals surface area contributed by atoms with Crippen molar-refractivity contribution in [3.8, 4) is 17.6 Å². The van der Waals surface area contributed by atoms with Crippen molar-refractivity contribution in [2.45, 2.75) is 38.0 Å². The van der Waals surface area contributed by atoms with Gasteiger partial charge in [0.2, 0.25) is 0 Å². The molecule has 2 aromatic heterocycles. The fourth-order valence-electron chi connectivity index (χ4n) is 4.00. The van der Waals surface area contributed by atoms with E-state index in [0.29, 0.717) is 28.8 Å². The summed E-state index contributed by atoms with van der Waals surface area (Å²) in [5.41, 5.74) is 4.78. The van der Waals surface area contributed by atoms with Gasteiger partial charge in [-0.05, 0) is 60.4 Å². The van der Waals surface area contributed by atoms with E-state index in [9.17, 15) is 13.2 Å². The molecule has 204 valence electrons. The lowest BCUT2D eigenvalue weighted by Gasteiger charge is -2.07. The predicted octanol–water partition coefficient (Wildman–Crippen LogP) is 5.68. The van der Waals surface area contributed by atoms with E-state index >= 15 is 0 Å². The van der Waals surface area contributed by atoms with Crippen molar-refractivity contribution in [3.05, 3.63) is 94.9 Å². The number of fused-ring (bicyclic) bond motifs is 1. The number of hydrogen-bond donors (Lipinski definition) is 0. The van der Waals surface area contributed by atoms with Gasteiger partial charge in [0, 0.05) is 36.6 Å². The van der Waals surface area contributed by atoms with Gasteiger partial charge in [-0.1, -0.05) is 50.3 Å². The van der Waals surface area contributed by atoms with E-state index < -0.39 is 15.8 Å². The SMILES string of the molecule is CCCc1ccccc1C#Cc1cnc(C(=O)OC)c(CC)c1.COc1ccc(S(C)(=O)=O)c2ncccc12.[HH]. The highest BCUT2D eigenvalue weighted by Gasteiger charge is 2.15. The Morgan fingerprint density at radius 1 is 0.974 bits per heavy atom. The van der Waals surface area contributed by atoms with Gasteiger partial charge in [-0.2, -0.15) is 0 Å². The molecular formula is C31H34N2O5S. The minimum atomic E-state index is -3.27. The van der Waals surface area contributed by atoms with Gasteiger partial charge in [0.15, 0.2) is 15.5 Å². The second-order valence-corrected chi connectivity index (χ2v) is 10.7. The average molecular weight is 547 g/mol. The minimum Gasteiger partial charge on any atom is -0.496 e. The number of hydrogen-bond acceptors (Lipinski definition) is 7. The Bertz CT molecular complexity index is 1640. The van der Waals surface area contributed by atoms with E-state index in [1.165, 1.54) is 25.0 Å². The van der Waals surface area contributed by atoms with Crippen LogP contribution in [0.5, 0.6) is 5.75 Å². The summed E-state index contributed by atoms with van der Waals surface area (Å²) >= 11 is 0. The Hall–Kier alpha value is -4.22.